The third-order valence-electron chi connectivity index (χ3n) is 3.60. The van der Waals surface area contributed by atoms with Crippen LogP contribution in [0, 0.1) is 6.92 Å². The molecule has 1 atom stereocenters. The summed E-state index contributed by atoms with van der Waals surface area (Å²) in [4.78, 5) is 24.3. The second-order valence-corrected chi connectivity index (χ2v) is 5.28. The van der Waals surface area contributed by atoms with Gasteiger partial charge >= 0.3 is 12.1 Å². The first-order valence-electron chi connectivity index (χ1n) is 7.44. The fraction of sp³-hybridized carbons (Fsp3) is 0.643. The van der Waals surface area contributed by atoms with Crippen molar-refractivity contribution in [1.29, 1.82) is 0 Å². The van der Waals surface area contributed by atoms with E-state index in [0.717, 1.165) is 5.69 Å². The maximum Gasteiger partial charge on any atom is 0.407 e. The molecule has 2 N–H and O–H groups in total. The van der Waals surface area contributed by atoms with Crippen molar-refractivity contribution in [1.82, 2.24) is 20.0 Å². The highest BCUT2D eigenvalue weighted by atomic mass is 16.5. The topological polar surface area (TPSA) is 96.7 Å². The SMILES string of the molecule is CCOC(=O)c1cc(C)nn1CC[C@@H]1CN(C(=O)O)CCN1. The molecule has 1 saturated heterocycles. The van der Waals surface area contributed by atoms with Crippen LogP contribution < -0.4 is 5.32 Å². The molecule has 0 aliphatic carbocycles. The summed E-state index contributed by atoms with van der Waals surface area (Å²) < 4.78 is 6.65. The van der Waals surface area contributed by atoms with Crippen LogP contribution >= 0.6 is 0 Å². The predicted octanol–water partition coefficient (Wildman–Crippen LogP) is 0.710. The Morgan fingerprint density at radius 3 is 3.00 bits per heavy atom. The zero-order chi connectivity index (χ0) is 16.1. The van der Waals surface area contributed by atoms with Crippen LogP contribution in [0.15, 0.2) is 6.07 Å². The van der Waals surface area contributed by atoms with Gasteiger partial charge in [0.25, 0.3) is 0 Å². The second-order valence-electron chi connectivity index (χ2n) is 5.28. The molecule has 0 saturated carbocycles. The molecule has 1 fully saturated rings. The van der Waals surface area contributed by atoms with E-state index < -0.39 is 6.09 Å². The van der Waals surface area contributed by atoms with Gasteiger partial charge in [-0.3, -0.25) is 4.68 Å². The lowest BCUT2D eigenvalue weighted by Crippen LogP contribution is -2.52. The summed E-state index contributed by atoms with van der Waals surface area (Å²) in [5.74, 6) is -0.383. The van der Waals surface area contributed by atoms with Crippen LogP contribution in [-0.2, 0) is 11.3 Å². The highest BCUT2D eigenvalue weighted by molar-refractivity contribution is 5.87. The van der Waals surface area contributed by atoms with Gasteiger partial charge in [0, 0.05) is 32.2 Å². The minimum atomic E-state index is -0.895. The molecular weight excluding hydrogens is 288 g/mol. The third-order valence-corrected chi connectivity index (χ3v) is 3.60. The minimum absolute atomic E-state index is 0.0596. The highest BCUT2D eigenvalue weighted by Crippen LogP contribution is 2.10. The van der Waals surface area contributed by atoms with E-state index in [4.69, 9.17) is 9.84 Å². The molecule has 2 heterocycles. The summed E-state index contributed by atoms with van der Waals surface area (Å²) in [6, 6.07) is 1.76. The molecule has 0 radical (unpaired) electrons. The lowest BCUT2D eigenvalue weighted by Gasteiger charge is -2.31. The Morgan fingerprint density at radius 1 is 1.55 bits per heavy atom. The number of carbonyl (C=O) groups excluding carboxylic acids is 1. The van der Waals surface area contributed by atoms with Crippen molar-refractivity contribution in [3.05, 3.63) is 17.5 Å². The van der Waals surface area contributed by atoms with Crippen LogP contribution in [-0.4, -0.2) is 64.1 Å². The molecular formula is C14H22N4O4. The number of carbonyl (C=O) groups is 2. The van der Waals surface area contributed by atoms with Gasteiger partial charge in [0.15, 0.2) is 0 Å². The van der Waals surface area contributed by atoms with Gasteiger partial charge in [-0.25, -0.2) is 9.59 Å². The van der Waals surface area contributed by atoms with Gasteiger partial charge in [0.05, 0.1) is 12.3 Å². The van der Waals surface area contributed by atoms with Gasteiger partial charge < -0.3 is 20.1 Å². The summed E-state index contributed by atoms with van der Waals surface area (Å²) in [6.45, 7) is 6.03. The fourth-order valence-electron chi connectivity index (χ4n) is 2.56. The maximum absolute atomic E-state index is 11.9. The van der Waals surface area contributed by atoms with Crippen LogP contribution in [0.3, 0.4) is 0 Å². The van der Waals surface area contributed by atoms with Crippen molar-refractivity contribution in [2.24, 2.45) is 0 Å². The standard InChI is InChI=1S/C14H22N4O4/c1-3-22-13(19)12-8-10(2)16-18(12)6-4-11-9-17(14(20)21)7-5-15-11/h8,11,15H,3-7,9H2,1-2H3,(H,20,21)/t11-/m1/s1. The van der Waals surface area contributed by atoms with Crippen molar-refractivity contribution >= 4 is 12.1 Å². The van der Waals surface area contributed by atoms with Gasteiger partial charge in [-0.1, -0.05) is 0 Å². The molecule has 0 bridgehead atoms. The Kier molecular flexibility index (Phi) is 5.37. The number of nitrogens with one attached hydrogen (secondary N) is 1. The predicted molar refractivity (Wildman–Crippen MR) is 78.9 cm³/mol. The van der Waals surface area contributed by atoms with Crippen molar-refractivity contribution < 1.29 is 19.4 Å². The molecule has 0 aromatic carbocycles. The largest absolute Gasteiger partial charge is 0.465 e. The summed E-state index contributed by atoms with van der Waals surface area (Å²) in [7, 11) is 0. The number of amides is 1. The van der Waals surface area contributed by atoms with Gasteiger partial charge in [-0.2, -0.15) is 5.10 Å². The van der Waals surface area contributed by atoms with Crippen molar-refractivity contribution in [2.45, 2.75) is 32.9 Å². The fourth-order valence-corrected chi connectivity index (χ4v) is 2.56. The number of nitrogens with zero attached hydrogens (tertiary/aromatic N) is 3. The lowest BCUT2D eigenvalue weighted by atomic mass is 10.1. The quantitative estimate of drug-likeness (QED) is 0.778. The number of rotatable bonds is 5. The summed E-state index contributed by atoms with van der Waals surface area (Å²) in [5.41, 5.74) is 1.19. The number of esters is 1. The van der Waals surface area contributed by atoms with Gasteiger partial charge in [-0.15, -0.1) is 0 Å². The zero-order valence-electron chi connectivity index (χ0n) is 12.9. The number of hydrogen-bond donors (Lipinski definition) is 2. The molecule has 1 aromatic rings. The summed E-state index contributed by atoms with van der Waals surface area (Å²) in [5, 5.41) is 16.6. The van der Waals surface area contributed by atoms with Crippen molar-refractivity contribution in [3.63, 3.8) is 0 Å². The number of ether oxygens (including phenoxy) is 1. The normalized spacial score (nSPS) is 18.3. The molecule has 8 heteroatoms. The number of hydrogen-bond acceptors (Lipinski definition) is 5. The van der Waals surface area contributed by atoms with Crippen LogP contribution in [0.25, 0.3) is 0 Å². The molecule has 0 spiro atoms. The monoisotopic (exact) mass is 310 g/mol. The van der Waals surface area contributed by atoms with E-state index in [-0.39, 0.29) is 12.0 Å². The second kappa shape index (κ2) is 7.26. The Balaban J connectivity index is 1.96. The van der Waals surface area contributed by atoms with E-state index in [1.165, 1.54) is 4.90 Å². The molecule has 1 amide bonds. The number of aromatic nitrogens is 2. The smallest absolute Gasteiger partial charge is 0.407 e. The van der Waals surface area contributed by atoms with Crippen LogP contribution in [0.4, 0.5) is 4.79 Å². The average Bonchev–Trinajstić information content (AvgIpc) is 2.87. The van der Waals surface area contributed by atoms with Gasteiger partial charge in [0.1, 0.15) is 5.69 Å². The molecule has 22 heavy (non-hydrogen) atoms. The average molecular weight is 310 g/mol. The number of piperazine rings is 1. The molecule has 1 aliphatic heterocycles. The molecule has 2 rings (SSSR count). The number of carboxylic acid groups (broad SMARTS) is 1. The van der Waals surface area contributed by atoms with Crippen LogP contribution in [0.5, 0.6) is 0 Å². The van der Waals surface area contributed by atoms with E-state index in [9.17, 15) is 9.59 Å². The van der Waals surface area contributed by atoms with Gasteiger partial charge in [0.2, 0.25) is 0 Å². The van der Waals surface area contributed by atoms with Crippen LogP contribution in [0.2, 0.25) is 0 Å². The summed E-state index contributed by atoms with van der Waals surface area (Å²) >= 11 is 0. The van der Waals surface area contributed by atoms with Crippen LogP contribution in [0.1, 0.15) is 29.5 Å². The van der Waals surface area contributed by atoms with E-state index in [0.29, 0.717) is 44.9 Å². The molecule has 0 unspecified atom stereocenters. The molecule has 1 aromatic heterocycles. The third kappa shape index (κ3) is 3.97. The van der Waals surface area contributed by atoms with E-state index in [1.54, 1.807) is 17.7 Å². The molecule has 1 aliphatic rings. The Hall–Kier alpha value is -2.09. The minimum Gasteiger partial charge on any atom is -0.465 e. The highest BCUT2D eigenvalue weighted by Gasteiger charge is 2.23. The van der Waals surface area contributed by atoms with E-state index >= 15 is 0 Å². The van der Waals surface area contributed by atoms with Crippen molar-refractivity contribution in [3.8, 4) is 0 Å². The number of aryl methyl sites for hydroxylation is 2. The van der Waals surface area contributed by atoms with Gasteiger partial charge in [-0.05, 0) is 26.3 Å². The lowest BCUT2D eigenvalue weighted by molar-refractivity contribution is 0.0511. The van der Waals surface area contributed by atoms with E-state index in [2.05, 4.69) is 10.4 Å². The van der Waals surface area contributed by atoms with Crippen molar-refractivity contribution in [2.75, 3.05) is 26.2 Å². The van der Waals surface area contributed by atoms with E-state index in [1.807, 2.05) is 6.92 Å². The molecule has 8 nitrogen and oxygen atoms in total. The Labute approximate surface area is 129 Å². The Morgan fingerprint density at radius 2 is 2.32 bits per heavy atom. The summed E-state index contributed by atoms with van der Waals surface area (Å²) in [6.07, 6.45) is -0.203. The first kappa shape index (κ1) is 16.3. The maximum atomic E-state index is 11.9. The Bertz CT molecular complexity index is 543. The first-order chi connectivity index (χ1) is 10.5. The zero-order valence-corrected chi connectivity index (χ0v) is 12.9. The molecule has 122 valence electrons. The first-order valence-corrected chi connectivity index (χ1v) is 7.44.